The summed E-state index contributed by atoms with van der Waals surface area (Å²) in [6, 6.07) is 3.42. The molecule has 3 N–H and O–H groups in total. The van der Waals surface area contributed by atoms with E-state index in [0.717, 1.165) is 11.0 Å². The number of pyridine rings is 1. The van der Waals surface area contributed by atoms with E-state index in [9.17, 15) is 15.0 Å². The minimum absolute atomic E-state index is 0.149. The number of ether oxygens (including phenoxy) is 1. The van der Waals surface area contributed by atoms with Gasteiger partial charge in [0.25, 0.3) is 0 Å². The molecule has 6 nitrogen and oxygen atoms in total. The Bertz CT molecular complexity index is 552. The first-order chi connectivity index (χ1) is 8.63. The van der Waals surface area contributed by atoms with Crippen molar-refractivity contribution in [2.75, 3.05) is 6.61 Å². The molecule has 0 aromatic carbocycles. The molecule has 2 aromatic heterocycles. The number of aromatic amines is 1. The van der Waals surface area contributed by atoms with Gasteiger partial charge in [0.15, 0.2) is 6.10 Å². The number of hydrogen-bond donors (Lipinski definition) is 3. The van der Waals surface area contributed by atoms with Crippen LogP contribution in [0.2, 0.25) is 0 Å². The zero-order valence-corrected chi connectivity index (χ0v) is 9.83. The van der Waals surface area contributed by atoms with Crippen LogP contribution in [-0.4, -0.2) is 38.9 Å². The number of rotatable bonds is 4. The average molecular weight is 250 g/mol. The van der Waals surface area contributed by atoms with Crippen molar-refractivity contribution in [3.05, 3.63) is 30.1 Å². The van der Waals surface area contributed by atoms with Crippen molar-refractivity contribution >= 4 is 17.0 Å². The number of nitrogens with one attached hydrogen (secondary N) is 1. The van der Waals surface area contributed by atoms with Gasteiger partial charge in [0, 0.05) is 18.0 Å². The Labute approximate surface area is 103 Å². The Hall–Kier alpha value is -1.92. The molecular formula is C12H14N2O4. The van der Waals surface area contributed by atoms with Gasteiger partial charge in [-0.1, -0.05) is 0 Å². The Morgan fingerprint density at radius 3 is 3.06 bits per heavy atom. The topological polar surface area (TPSA) is 95.4 Å². The van der Waals surface area contributed by atoms with Gasteiger partial charge >= 0.3 is 5.97 Å². The predicted molar refractivity (Wildman–Crippen MR) is 63.7 cm³/mol. The maximum Gasteiger partial charge on any atom is 0.338 e. The molecule has 0 radical (unpaired) electrons. The molecule has 0 aliphatic heterocycles. The van der Waals surface area contributed by atoms with Crippen molar-refractivity contribution in [2.45, 2.75) is 19.1 Å². The fourth-order valence-corrected chi connectivity index (χ4v) is 1.65. The summed E-state index contributed by atoms with van der Waals surface area (Å²) in [4.78, 5) is 18.3. The second-order valence-corrected chi connectivity index (χ2v) is 3.82. The number of aromatic nitrogens is 2. The van der Waals surface area contributed by atoms with E-state index in [0.29, 0.717) is 5.56 Å². The van der Waals surface area contributed by atoms with Crippen molar-refractivity contribution in [3.8, 4) is 0 Å². The number of aliphatic hydroxyl groups excluding tert-OH is 2. The minimum Gasteiger partial charge on any atom is -0.464 e. The van der Waals surface area contributed by atoms with Crippen molar-refractivity contribution in [1.82, 2.24) is 9.97 Å². The molecule has 2 unspecified atom stereocenters. The highest BCUT2D eigenvalue weighted by Crippen LogP contribution is 2.20. The number of carbonyl (C=O) groups is 1. The lowest BCUT2D eigenvalue weighted by molar-refractivity contribution is -0.159. The quantitative estimate of drug-likeness (QED) is 0.687. The van der Waals surface area contributed by atoms with Crippen LogP contribution in [0.1, 0.15) is 18.6 Å². The summed E-state index contributed by atoms with van der Waals surface area (Å²) in [5.74, 6) is -0.850. The number of esters is 1. The Kier molecular flexibility index (Phi) is 3.59. The van der Waals surface area contributed by atoms with Gasteiger partial charge in [-0.25, -0.2) is 4.79 Å². The van der Waals surface area contributed by atoms with Crippen molar-refractivity contribution in [2.24, 2.45) is 0 Å². The second kappa shape index (κ2) is 5.16. The maximum atomic E-state index is 11.3. The van der Waals surface area contributed by atoms with Crippen LogP contribution in [0.25, 0.3) is 11.0 Å². The molecule has 0 spiro atoms. The second-order valence-electron chi connectivity index (χ2n) is 3.82. The maximum absolute atomic E-state index is 11.3. The van der Waals surface area contributed by atoms with Gasteiger partial charge in [-0.2, -0.15) is 0 Å². The van der Waals surface area contributed by atoms with Crippen molar-refractivity contribution < 1.29 is 19.7 Å². The van der Waals surface area contributed by atoms with E-state index in [1.807, 2.05) is 0 Å². The first kappa shape index (κ1) is 12.5. The van der Waals surface area contributed by atoms with Crippen LogP contribution in [0.15, 0.2) is 24.5 Å². The van der Waals surface area contributed by atoms with Crippen LogP contribution in [0.4, 0.5) is 0 Å². The third-order valence-corrected chi connectivity index (χ3v) is 2.59. The van der Waals surface area contributed by atoms with Crippen molar-refractivity contribution in [1.29, 1.82) is 0 Å². The SMILES string of the molecule is CCOC(=O)C(O)C(O)c1cnc2cc[nH]c2c1. The Morgan fingerprint density at radius 1 is 1.56 bits per heavy atom. The minimum atomic E-state index is -1.61. The number of carbonyl (C=O) groups excluding carboxylic acids is 1. The molecule has 2 aromatic rings. The fraction of sp³-hybridized carbons (Fsp3) is 0.333. The summed E-state index contributed by atoms with van der Waals surface area (Å²) in [6.07, 6.45) is 0.169. The number of nitrogens with zero attached hydrogens (tertiary/aromatic N) is 1. The number of hydrogen-bond acceptors (Lipinski definition) is 5. The molecule has 18 heavy (non-hydrogen) atoms. The molecule has 0 saturated carbocycles. The van der Waals surface area contributed by atoms with Crippen LogP contribution in [0.3, 0.4) is 0 Å². The number of fused-ring (bicyclic) bond motifs is 1. The van der Waals surface area contributed by atoms with Gasteiger partial charge in [0.1, 0.15) is 6.10 Å². The van der Waals surface area contributed by atoms with Crippen LogP contribution < -0.4 is 0 Å². The first-order valence-corrected chi connectivity index (χ1v) is 5.59. The normalized spacial score (nSPS) is 14.4. The molecule has 0 aliphatic carbocycles. The Morgan fingerprint density at radius 2 is 2.33 bits per heavy atom. The van der Waals surface area contributed by atoms with E-state index in [1.54, 1.807) is 25.3 Å². The monoisotopic (exact) mass is 250 g/mol. The van der Waals surface area contributed by atoms with Gasteiger partial charge in [0.05, 0.1) is 17.6 Å². The zero-order valence-electron chi connectivity index (χ0n) is 9.83. The average Bonchev–Trinajstić information content (AvgIpc) is 2.84. The summed E-state index contributed by atoms with van der Waals surface area (Å²) < 4.78 is 4.64. The largest absolute Gasteiger partial charge is 0.464 e. The highest BCUT2D eigenvalue weighted by molar-refractivity contribution is 5.77. The molecule has 6 heteroatoms. The summed E-state index contributed by atoms with van der Waals surface area (Å²) in [7, 11) is 0. The van der Waals surface area contributed by atoms with E-state index < -0.39 is 18.2 Å². The fourth-order valence-electron chi connectivity index (χ4n) is 1.65. The lowest BCUT2D eigenvalue weighted by Crippen LogP contribution is -2.29. The summed E-state index contributed by atoms with van der Waals surface area (Å²) in [6.45, 7) is 1.78. The third kappa shape index (κ3) is 2.34. The number of aliphatic hydroxyl groups is 2. The van der Waals surface area contributed by atoms with Crippen LogP contribution in [0, 0.1) is 0 Å². The van der Waals surface area contributed by atoms with E-state index in [2.05, 4.69) is 14.7 Å². The van der Waals surface area contributed by atoms with Gasteiger partial charge < -0.3 is 19.9 Å². The van der Waals surface area contributed by atoms with E-state index in [-0.39, 0.29) is 6.61 Å². The summed E-state index contributed by atoms with van der Waals surface area (Å²) in [5.41, 5.74) is 1.82. The van der Waals surface area contributed by atoms with Crippen LogP contribution in [-0.2, 0) is 9.53 Å². The van der Waals surface area contributed by atoms with Gasteiger partial charge in [0.2, 0.25) is 0 Å². The van der Waals surface area contributed by atoms with E-state index in [4.69, 9.17) is 0 Å². The highest BCUT2D eigenvalue weighted by Gasteiger charge is 2.27. The van der Waals surface area contributed by atoms with Crippen LogP contribution >= 0.6 is 0 Å². The van der Waals surface area contributed by atoms with Crippen molar-refractivity contribution in [3.63, 3.8) is 0 Å². The Balaban J connectivity index is 2.21. The lowest BCUT2D eigenvalue weighted by Gasteiger charge is -2.16. The molecule has 2 atom stereocenters. The van der Waals surface area contributed by atoms with Gasteiger partial charge in [-0.15, -0.1) is 0 Å². The molecule has 0 saturated heterocycles. The zero-order chi connectivity index (χ0) is 13.1. The van der Waals surface area contributed by atoms with Gasteiger partial charge in [-0.3, -0.25) is 4.98 Å². The van der Waals surface area contributed by atoms with Gasteiger partial charge in [-0.05, 0) is 19.1 Å². The lowest BCUT2D eigenvalue weighted by atomic mass is 10.1. The molecule has 2 rings (SSSR count). The predicted octanol–water partition coefficient (Wildman–Crippen LogP) is 0.520. The molecule has 0 bridgehead atoms. The third-order valence-electron chi connectivity index (χ3n) is 2.59. The summed E-state index contributed by atoms with van der Waals surface area (Å²) in [5, 5.41) is 19.5. The smallest absolute Gasteiger partial charge is 0.338 e. The molecule has 96 valence electrons. The van der Waals surface area contributed by atoms with Crippen LogP contribution in [0.5, 0.6) is 0 Å². The molecular weight excluding hydrogens is 236 g/mol. The summed E-state index contributed by atoms with van der Waals surface area (Å²) >= 11 is 0. The van der Waals surface area contributed by atoms with E-state index >= 15 is 0 Å². The number of H-pyrrole nitrogens is 1. The molecule has 0 fully saturated rings. The standard InChI is InChI=1S/C12H14N2O4/c1-2-18-12(17)11(16)10(15)7-5-9-8(14-6-7)3-4-13-9/h3-6,10-11,13,15-16H,2H2,1H3. The van der Waals surface area contributed by atoms with E-state index in [1.165, 1.54) is 6.20 Å². The highest BCUT2D eigenvalue weighted by atomic mass is 16.5. The molecule has 2 heterocycles. The first-order valence-electron chi connectivity index (χ1n) is 5.59. The molecule has 0 aliphatic rings. The molecule has 0 amide bonds.